The van der Waals surface area contributed by atoms with Crippen LogP contribution < -0.4 is 0 Å². The van der Waals surface area contributed by atoms with Gasteiger partial charge in [0.15, 0.2) is 11.5 Å². The first-order valence-corrected chi connectivity index (χ1v) is 6.54. The van der Waals surface area contributed by atoms with Crippen LogP contribution in [-0.4, -0.2) is 21.2 Å². The van der Waals surface area contributed by atoms with Gasteiger partial charge in [-0.1, -0.05) is 5.16 Å². The number of pyridine rings is 1. The van der Waals surface area contributed by atoms with E-state index in [1.165, 1.54) is 0 Å². The van der Waals surface area contributed by atoms with E-state index >= 15 is 0 Å². The van der Waals surface area contributed by atoms with E-state index in [2.05, 4.69) is 10.1 Å². The van der Waals surface area contributed by atoms with Crippen LogP contribution in [0.4, 0.5) is 0 Å². The zero-order valence-corrected chi connectivity index (χ0v) is 11.9. The van der Waals surface area contributed by atoms with Crippen LogP contribution in [0.5, 0.6) is 0 Å². The van der Waals surface area contributed by atoms with Crippen molar-refractivity contribution in [1.29, 1.82) is 0 Å². The third-order valence-electron chi connectivity index (χ3n) is 3.67. The molecule has 21 heavy (non-hydrogen) atoms. The molecule has 3 aromatic heterocycles. The number of carbonyl (C=O) groups is 1. The predicted octanol–water partition coefficient (Wildman–Crippen LogP) is 3.29. The summed E-state index contributed by atoms with van der Waals surface area (Å²) in [6.07, 6.45) is 1.55. The lowest BCUT2D eigenvalue weighted by molar-refractivity contribution is -0.138. The maximum absolute atomic E-state index is 11.3. The molecule has 6 nitrogen and oxygen atoms in total. The number of hydrogen-bond donors (Lipinski definition) is 1. The van der Waals surface area contributed by atoms with Gasteiger partial charge in [-0.15, -0.1) is 0 Å². The van der Waals surface area contributed by atoms with Gasteiger partial charge >= 0.3 is 5.97 Å². The summed E-state index contributed by atoms with van der Waals surface area (Å²) < 4.78 is 10.6. The average molecular weight is 286 g/mol. The van der Waals surface area contributed by atoms with Crippen LogP contribution in [0.25, 0.3) is 22.6 Å². The number of aliphatic carboxylic acids is 1. The Morgan fingerprint density at radius 3 is 2.76 bits per heavy atom. The number of carboxylic acids is 1. The second-order valence-corrected chi connectivity index (χ2v) is 4.98. The van der Waals surface area contributed by atoms with E-state index < -0.39 is 11.9 Å². The Kier molecular flexibility index (Phi) is 3.01. The van der Waals surface area contributed by atoms with Gasteiger partial charge in [0.2, 0.25) is 0 Å². The van der Waals surface area contributed by atoms with Crippen LogP contribution in [0, 0.1) is 13.8 Å². The standard InChI is InChI=1S/C15H14N2O4/c1-7-11(8(2)15(18)19)9(3)16-14-12(7)13(17-21-14)10-5-4-6-20-10/h4-6,8H,1-3H3,(H,18,19). The molecular formula is C15H14N2O4. The Hall–Kier alpha value is -2.63. The molecule has 0 aliphatic heterocycles. The van der Waals surface area contributed by atoms with E-state index in [-0.39, 0.29) is 0 Å². The number of rotatable bonds is 3. The minimum atomic E-state index is -0.890. The molecule has 108 valence electrons. The third-order valence-corrected chi connectivity index (χ3v) is 3.67. The van der Waals surface area contributed by atoms with Crippen LogP contribution in [0.2, 0.25) is 0 Å². The minimum absolute atomic E-state index is 0.387. The molecule has 0 radical (unpaired) electrons. The molecule has 0 saturated heterocycles. The van der Waals surface area contributed by atoms with Crippen molar-refractivity contribution in [3.05, 3.63) is 35.2 Å². The lowest BCUT2D eigenvalue weighted by Gasteiger charge is -2.13. The second kappa shape index (κ2) is 4.73. The van der Waals surface area contributed by atoms with Crippen molar-refractivity contribution >= 4 is 17.1 Å². The topological polar surface area (TPSA) is 89.4 Å². The van der Waals surface area contributed by atoms with Gasteiger partial charge in [-0.2, -0.15) is 0 Å². The monoisotopic (exact) mass is 286 g/mol. The van der Waals surface area contributed by atoms with Gasteiger partial charge in [0.1, 0.15) is 0 Å². The molecule has 0 saturated carbocycles. The highest BCUT2D eigenvalue weighted by atomic mass is 16.5. The quantitative estimate of drug-likeness (QED) is 0.794. The third kappa shape index (κ3) is 1.99. The summed E-state index contributed by atoms with van der Waals surface area (Å²) in [5, 5.41) is 14.0. The number of hydrogen-bond acceptors (Lipinski definition) is 5. The Bertz CT molecular complexity index is 818. The highest BCUT2D eigenvalue weighted by Crippen LogP contribution is 2.34. The van der Waals surface area contributed by atoms with E-state index in [1.54, 1.807) is 32.2 Å². The van der Waals surface area contributed by atoms with Crippen molar-refractivity contribution in [2.45, 2.75) is 26.7 Å². The molecule has 1 atom stereocenters. The summed E-state index contributed by atoms with van der Waals surface area (Å²) in [7, 11) is 0. The zero-order valence-electron chi connectivity index (χ0n) is 11.9. The highest BCUT2D eigenvalue weighted by Gasteiger charge is 2.25. The normalized spacial score (nSPS) is 12.7. The molecule has 3 heterocycles. The summed E-state index contributed by atoms with van der Waals surface area (Å²) in [6.45, 7) is 5.27. The van der Waals surface area contributed by atoms with Gasteiger partial charge in [0.25, 0.3) is 5.71 Å². The van der Waals surface area contributed by atoms with Crippen molar-refractivity contribution in [1.82, 2.24) is 10.1 Å². The largest absolute Gasteiger partial charge is 0.481 e. The summed E-state index contributed by atoms with van der Waals surface area (Å²) in [5.74, 6) is -0.976. The maximum Gasteiger partial charge on any atom is 0.310 e. The van der Waals surface area contributed by atoms with E-state index in [0.29, 0.717) is 33.8 Å². The second-order valence-electron chi connectivity index (χ2n) is 4.98. The van der Waals surface area contributed by atoms with Crippen molar-refractivity contribution in [3.8, 4) is 11.5 Å². The summed E-state index contributed by atoms with van der Waals surface area (Å²) in [4.78, 5) is 15.6. The lowest BCUT2D eigenvalue weighted by Crippen LogP contribution is -2.12. The first-order valence-electron chi connectivity index (χ1n) is 6.54. The molecule has 6 heteroatoms. The van der Waals surface area contributed by atoms with Gasteiger partial charge < -0.3 is 14.0 Å². The Morgan fingerprint density at radius 2 is 2.14 bits per heavy atom. The van der Waals surface area contributed by atoms with Gasteiger partial charge in [0, 0.05) is 5.69 Å². The molecule has 0 fully saturated rings. The number of fused-ring (bicyclic) bond motifs is 1. The number of furan rings is 1. The fourth-order valence-corrected chi connectivity index (χ4v) is 2.66. The zero-order chi connectivity index (χ0) is 15.1. The Morgan fingerprint density at radius 1 is 1.38 bits per heavy atom. The van der Waals surface area contributed by atoms with Gasteiger partial charge in [-0.05, 0) is 44.0 Å². The molecule has 3 rings (SSSR count). The average Bonchev–Trinajstić information content (AvgIpc) is 3.06. The number of aromatic nitrogens is 2. The van der Waals surface area contributed by atoms with E-state index in [1.807, 2.05) is 6.92 Å². The Balaban J connectivity index is 2.32. The molecule has 0 aromatic carbocycles. The molecule has 0 aliphatic rings. The fourth-order valence-electron chi connectivity index (χ4n) is 2.66. The van der Waals surface area contributed by atoms with Gasteiger partial charge in [0.05, 0.1) is 17.6 Å². The maximum atomic E-state index is 11.3. The molecule has 0 bridgehead atoms. The van der Waals surface area contributed by atoms with E-state index in [0.717, 1.165) is 5.56 Å². The van der Waals surface area contributed by atoms with Crippen molar-refractivity contribution in [2.75, 3.05) is 0 Å². The SMILES string of the molecule is Cc1nc2onc(-c3ccco3)c2c(C)c1C(C)C(=O)O. The van der Waals surface area contributed by atoms with Crippen LogP contribution in [0.3, 0.4) is 0 Å². The summed E-state index contributed by atoms with van der Waals surface area (Å²) in [6, 6.07) is 3.53. The molecule has 3 aromatic rings. The molecule has 1 unspecified atom stereocenters. The number of carboxylic acid groups (broad SMARTS) is 1. The fraction of sp³-hybridized carbons (Fsp3) is 0.267. The van der Waals surface area contributed by atoms with Crippen LogP contribution >= 0.6 is 0 Å². The number of aryl methyl sites for hydroxylation is 2. The predicted molar refractivity (Wildman–Crippen MR) is 75.0 cm³/mol. The van der Waals surface area contributed by atoms with Gasteiger partial charge in [-0.25, -0.2) is 4.98 Å². The lowest BCUT2D eigenvalue weighted by atomic mass is 9.93. The first-order chi connectivity index (χ1) is 10.0. The van der Waals surface area contributed by atoms with Gasteiger partial charge in [-0.3, -0.25) is 4.79 Å². The molecular weight excluding hydrogens is 272 g/mol. The van der Waals surface area contributed by atoms with Crippen LogP contribution in [-0.2, 0) is 4.79 Å². The molecule has 0 amide bonds. The summed E-state index contributed by atoms with van der Waals surface area (Å²) in [5.41, 5.74) is 3.06. The molecule has 0 aliphatic carbocycles. The van der Waals surface area contributed by atoms with Crippen molar-refractivity contribution in [2.24, 2.45) is 0 Å². The first kappa shape index (κ1) is 13.4. The van der Waals surface area contributed by atoms with Crippen molar-refractivity contribution < 1.29 is 18.8 Å². The highest BCUT2D eigenvalue weighted by molar-refractivity contribution is 5.93. The minimum Gasteiger partial charge on any atom is -0.481 e. The Labute approximate surface area is 120 Å². The molecule has 0 spiro atoms. The van der Waals surface area contributed by atoms with E-state index in [9.17, 15) is 9.90 Å². The van der Waals surface area contributed by atoms with Crippen LogP contribution in [0.15, 0.2) is 27.3 Å². The number of nitrogens with zero attached hydrogens (tertiary/aromatic N) is 2. The molecule has 1 N–H and O–H groups in total. The van der Waals surface area contributed by atoms with Crippen molar-refractivity contribution in [3.63, 3.8) is 0 Å². The van der Waals surface area contributed by atoms with E-state index in [4.69, 9.17) is 8.94 Å². The van der Waals surface area contributed by atoms with Crippen LogP contribution in [0.1, 0.15) is 29.7 Å². The smallest absolute Gasteiger partial charge is 0.310 e. The summed E-state index contributed by atoms with van der Waals surface area (Å²) >= 11 is 0.